The summed E-state index contributed by atoms with van der Waals surface area (Å²) in [6.45, 7) is 1.91. The Kier molecular flexibility index (Phi) is 1.89. The Morgan fingerprint density at radius 3 is 2.46 bits per heavy atom. The molecule has 1 aliphatic heterocycles. The molecule has 2 nitrogen and oxygen atoms in total. The predicted octanol–water partition coefficient (Wildman–Crippen LogP) is 2.23. The summed E-state index contributed by atoms with van der Waals surface area (Å²) in [7, 11) is 0. The SMILES string of the molecule is CC1=COC(=O)C1c1ccccc1. The fourth-order valence-corrected chi connectivity index (χ4v) is 1.52. The van der Waals surface area contributed by atoms with Crippen LogP contribution in [0.3, 0.4) is 0 Å². The first-order valence-corrected chi connectivity index (χ1v) is 4.21. The summed E-state index contributed by atoms with van der Waals surface area (Å²) in [4.78, 5) is 11.3. The monoisotopic (exact) mass is 174 g/mol. The zero-order valence-electron chi connectivity index (χ0n) is 7.36. The van der Waals surface area contributed by atoms with Crippen LogP contribution in [0.15, 0.2) is 42.2 Å². The fraction of sp³-hybridized carbons (Fsp3) is 0.182. The van der Waals surface area contributed by atoms with Crippen LogP contribution in [0, 0.1) is 0 Å². The maximum absolute atomic E-state index is 11.3. The normalized spacial score (nSPS) is 21.2. The van der Waals surface area contributed by atoms with Crippen LogP contribution >= 0.6 is 0 Å². The van der Waals surface area contributed by atoms with Crippen molar-refractivity contribution in [1.29, 1.82) is 0 Å². The summed E-state index contributed by atoms with van der Waals surface area (Å²) < 4.78 is 4.83. The van der Waals surface area contributed by atoms with Gasteiger partial charge in [0, 0.05) is 0 Å². The average molecular weight is 174 g/mol. The molecule has 2 heteroatoms. The lowest BCUT2D eigenvalue weighted by Gasteiger charge is -2.07. The minimum atomic E-state index is -0.193. The molecule has 1 unspecified atom stereocenters. The number of ether oxygens (including phenoxy) is 1. The Morgan fingerprint density at radius 1 is 1.23 bits per heavy atom. The highest BCUT2D eigenvalue weighted by Crippen LogP contribution is 2.29. The van der Waals surface area contributed by atoms with E-state index in [2.05, 4.69) is 0 Å². The van der Waals surface area contributed by atoms with Gasteiger partial charge in [-0.15, -0.1) is 0 Å². The van der Waals surface area contributed by atoms with E-state index in [1.165, 1.54) is 6.26 Å². The molecular formula is C11H10O2. The molecule has 1 aromatic rings. The van der Waals surface area contributed by atoms with Crippen molar-refractivity contribution in [3.05, 3.63) is 47.7 Å². The molecule has 2 rings (SSSR count). The summed E-state index contributed by atoms with van der Waals surface area (Å²) in [5.74, 6) is -0.370. The third kappa shape index (κ3) is 1.35. The van der Waals surface area contributed by atoms with Gasteiger partial charge in [-0.2, -0.15) is 0 Å². The van der Waals surface area contributed by atoms with E-state index in [4.69, 9.17) is 4.74 Å². The number of esters is 1. The Morgan fingerprint density at radius 2 is 1.92 bits per heavy atom. The van der Waals surface area contributed by atoms with Gasteiger partial charge in [-0.25, -0.2) is 0 Å². The second-order valence-corrected chi connectivity index (χ2v) is 3.14. The van der Waals surface area contributed by atoms with Gasteiger partial charge in [0.2, 0.25) is 0 Å². The Balaban J connectivity index is 2.36. The van der Waals surface area contributed by atoms with Crippen LogP contribution in [0.25, 0.3) is 0 Å². The number of hydrogen-bond donors (Lipinski definition) is 0. The summed E-state index contributed by atoms with van der Waals surface area (Å²) in [6.07, 6.45) is 1.53. The molecule has 0 bridgehead atoms. The van der Waals surface area contributed by atoms with E-state index in [0.29, 0.717) is 0 Å². The van der Waals surface area contributed by atoms with E-state index in [1.54, 1.807) is 0 Å². The maximum atomic E-state index is 11.3. The highest BCUT2D eigenvalue weighted by atomic mass is 16.5. The van der Waals surface area contributed by atoms with E-state index in [1.807, 2.05) is 37.3 Å². The van der Waals surface area contributed by atoms with Crippen LogP contribution in [-0.4, -0.2) is 5.97 Å². The second-order valence-electron chi connectivity index (χ2n) is 3.14. The van der Waals surface area contributed by atoms with Crippen LogP contribution in [0.5, 0.6) is 0 Å². The molecule has 0 radical (unpaired) electrons. The quantitative estimate of drug-likeness (QED) is 0.610. The van der Waals surface area contributed by atoms with Gasteiger partial charge in [-0.3, -0.25) is 4.79 Å². The van der Waals surface area contributed by atoms with Crippen molar-refractivity contribution in [2.24, 2.45) is 0 Å². The molecule has 66 valence electrons. The Hall–Kier alpha value is -1.57. The van der Waals surface area contributed by atoms with Crippen LogP contribution in [0.4, 0.5) is 0 Å². The molecule has 0 N–H and O–H groups in total. The van der Waals surface area contributed by atoms with Gasteiger partial charge in [-0.1, -0.05) is 30.3 Å². The number of cyclic esters (lactones) is 1. The number of hydrogen-bond acceptors (Lipinski definition) is 2. The predicted molar refractivity (Wildman–Crippen MR) is 49.0 cm³/mol. The zero-order valence-corrected chi connectivity index (χ0v) is 7.36. The van der Waals surface area contributed by atoms with Gasteiger partial charge in [0.15, 0.2) is 0 Å². The first-order chi connectivity index (χ1) is 6.29. The van der Waals surface area contributed by atoms with Crippen LogP contribution in [-0.2, 0) is 9.53 Å². The minimum Gasteiger partial charge on any atom is -0.434 e. The van der Waals surface area contributed by atoms with Gasteiger partial charge in [0.25, 0.3) is 0 Å². The average Bonchev–Trinajstić information content (AvgIpc) is 2.48. The fourth-order valence-electron chi connectivity index (χ4n) is 1.52. The summed E-state index contributed by atoms with van der Waals surface area (Å²) in [5.41, 5.74) is 1.97. The van der Waals surface area contributed by atoms with Crippen LogP contribution in [0.1, 0.15) is 18.4 Å². The highest BCUT2D eigenvalue weighted by Gasteiger charge is 2.28. The molecule has 0 fully saturated rings. The molecule has 1 aromatic carbocycles. The molecule has 0 aliphatic carbocycles. The summed E-state index contributed by atoms with van der Waals surface area (Å²) in [6, 6.07) is 9.66. The van der Waals surface area contributed by atoms with Gasteiger partial charge in [-0.05, 0) is 18.1 Å². The van der Waals surface area contributed by atoms with Crippen molar-refractivity contribution in [3.63, 3.8) is 0 Å². The van der Waals surface area contributed by atoms with Crippen molar-refractivity contribution in [2.45, 2.75) is 12.8 Å². The molecule has 1 heterocycles. The lowest BCUT2D eigenvalue weighted by molar-refractivity contribution is -0.136. The summed E-state index contributed by atoms with van der Waals surface area (Å²) >= 11 is 0. The van der Waals surface area contributed by atoms with E-state index in [-0.39, 0.29) is 11.9 Å². The largest absolute Gasteiger partial charge is 0.434 e. The smallest absolute Gasteiger partial charge is 0.322 e. The number of carbonyl (C=O) groups excluding carboxylic acids is 1. The molecule has 13 heavy (non-hydrogen) atoms. The highest BCUT2D eigenvalue weighted by molar-refractivity contribution is 5.84. The van der Waals surface area contributed by atoms with Crippen molar-refractivity contribution in [3.8, 4) is 0 Å². The van der Waals surface area contributed by atoms with Gasteiger partial charge in [0.1, 0.15) is 5.92 Å². The first kappa shape index (κ1) is 8.05. The minimum absolute atomic E-state index is 0.177. The van der Waals surface area contributed by atoms with E-state index < -0.39 is 0 Å². The van der Waals surface area contributed by atoms with Crippen molar-refractivity contribution in [2.75, 3.05) is 0 Å². The molecular weight excluding hydrogens is 164 g/mol. The molecule has 1 aliphatic rings. The first-order valence-electron chi connectivity index (χ1n) is 4.21. The molecule has 0 amide bonds. The van der Waals surface area contributed by atoms with Crippen LogP contribution < -0.4 is 0 Å². The molecule has 0 spiro atoms. The zero-order chi connectivity index (χ0) is 9.26. The third-order valence-electron chi connectivity index (χ3n) is 2.18. The molecule has 0 saturated heterocycles. The summed E-state index contributed by atoms with van der Waals surface area (Å²) in [5, 5.41) is 0. The van der Waals surface area contributed by atoms with Crippen molar-refractivity contribution < 1.29 is 9.53 Å². The van der Waals surface area contributed by atoms with E-state index in [0.717, 1.165) is 11.1 Å². The van der Waals surface area contributed by atoms with E-state index in [9.17, 15) is 4.79 Å². The van der Waals surface area contributed by atoms with Gasteiger partial charge >= 0.3 is 5.97 Å². The van der Waals surface area contributed by atoms with Crippen molar-refractivity contribution in [1.82, 2.24) is 0 Å². The molecule has 1 atom stereocenters. The van der Waals surface area contributed by atoms with Gasteiger partial charge < -0.3 is 4.74 Å². The standard InChI is InChI=1S/C11H10O2/c1-8-7-13-11(12)10(8)9-5-3-2-4-6-9/h2-7,10H,1H3. The maximum Gasteiger partial charge on any atom is 0.322 e. The third-order valence-corrected chi connectivity index (χ3v) is 2.18. The number of carbonyl (C=O) groups is 1. The topological polar surface area (TPSA) is 26.3 Å². The number of rotatable bonds is 1. The lowest BCUT2D eigenvalue weighted by atomic mass is 9.94. The lowest BCUT2D eigenvalue weighted by Crippen LogP contribution is -2.08. The molecule has 0 aromatic heterocycles. The molecule has 0 saturated carbocycles. The Labute approximate surface area is 76.8 Å². The van der Waals surface area contributed by atoms with Gasteiger partial charge in [0.05, 0.1) is 6.26 Å². The second kappa shape index (κ2) is 3.05. The Bertz CT molecular complexity index is 352. The number of benzene rings is 1. The van der Waals surface area contributed by atoms with Crippen LogP contribution in [0.2, 0.25) is 0 Å². The van der Waals surface area contributed by atoms with E-state index >= 15 is 0 Å². The van der Waals surface area contributed by atoms with Crippen molar-refractivity contribution >= 4 is 5.97 Å².